The molecule has 1 aromatic carbocycles. The summed E-state index contributed by atoms with van der Waals surface area (Å²) in [6.45, 7) is 8.57. The topological polar surface area (TPSA) is 25.4 Å². The fourth-order valence-corrected chi connectivity index (χ4v) is 2.81. The molecule has 3 nitrogen and oxygen atoms in total. The second-order valence-electron chi connectivity index (χ2n) is 5.41. The summed E-state index contributed by atoms with van der Waals surface area (Å²) in [5.41, 5.74) is 4.58. The van der Waals surface area contributed by atoms with Crippen LogP contribution in [0.15, 0.2) is 18.2 Å². The van der Waals surface area contributed by atoms with Gasteiger partial charge in [-0.3, -0.25) is 4.90 Å². The number of ether oxygens (including phenoxy) is 1. The molecule has 1 saturated heterocycles. The number of fused-ring (bicyclic) bond motifs is 1. The van der Waals surface area contributed by atoms with Crippen LogP contribution in [0, 0.1) is 13.8 Å². The molecule has 1 aliphatic heterocycles. The Labute approximate surface area is 124 Å². The second-order valence-corrected chi connectivity index (χ2v) is 5.76. The molecule has 0 bridgehead atoms. The Balaban J connectivity index is 1.95. The van der Waals surface area contributed by atoms with E-state index in [4.69, 9.17) is 16.3 Å². The first-order valence-electron chi connectivity index (χ1n) is 7.00. The van der Waals surface area contributed by atoms with Gasteiger partial charge in [-0.25, -0.2) is 4.98 Å². The van der Waals surface area contributed by atoms with Gasteiger partial charge >= 0.3 is 0 Å². The first kappa shape index (κ1) is 13.8. The third kappa shape index (κ3) is 2.66. The number of benzene rings is 1. The molecule has 1 aromatic heterocycles. The van der Waals surface area contributed by atoms with Crippen LogP contribution in [0.25, 0.3) is 10.9 Å². The molecule has 0 radical (unpaired) electrons. The van der Waals surface area contributed by atoms with Gasteiger partial charge in [-0.1, -0.05) is 23.7 Å². The summed E-state index contributed by atoms with van der Waals surface area (Å²) in [6, 6.07) is 6.45. The van der Waals surface area contributed by atoms with Crippen molar-refractivity contribution in [3.05, 3.63) is 40.0 Å². The Kier molecular flexibility index (Phi) is 3.92. The van der Waals surface area contributed by atoms with Gasteiger partial charge in [0.15, 0.2) is 0 Å². The molecule has 2 heterocycles. The Hall–Kier alpha value is -1.16. The van der Waals surface area contributed by atoms with Crippen LogP contribution in [0.5, 0.6) is 0 Å². The number of aryl methyl sites for hydroxylation is 2. The maximum atomic E-state index is 6.38. The highest BCUT2D eigenvalue weighted by atomic mass is 35.5. The molecular weight excluding hydrogens is 272 g/mol. The molecule has 1 fully saturated rings. The number of hydrogen-bond donors (Lipinski definition) is 0. The van der Waals surface area contributed by atoms with Gasteiger partial charge in [0.2, 0.25) is 0 Å². The van der Waals surface area contributed by atoms with E-state index >= 15 is 0 Å². The van der Waals surface area contributed by atoms with E-state index in [1.54, 1.807) is 0 Å². The van der Waals surface area contributed by atoms with Gasteiger partial charge in [-0.2, -0.15) is 0 Å². The van der Waals surface area contributed by atoms with E-state index in [1.165, 1.54) is 16.5 Å². The van der Waals surface area contributed by atoms with Gasteiger partial charge in [0.1, 0.15) is 5.15 Å². The first-order valence-corrected chi connectivity index (χ1v) is 7.38. The summed E-state index contributed by atoms with van der Waals surface area (Å²) in [7, 11) is 0. The summed E-state index contributed by atoms with van der Waals surface area (Å²) in [6.07, 6.45) is 0. The minimum atomic E-state index is 0.623. The lowest BCUT2D eigenvalue weighted by Crippen LogP contribution is -2.35. The molecule has 0 amide bonds. The summed E-state index contributed by atoms with van der Waals surface area (Å²) >= 11 is 6.38. The summed E-state index contributed by atoms with van der Waals surface area (Å²) in [5.74, 6) is 0. The summed E-state index contributed by atoms with van der Waals surface area (Å²) in [4.78, 5) is 6.97. The van der Waals surface area contributed by atoms with Crippen LogP contribution >= 0.6 is 11.6 Å². The van der Waals surface area contributed by atoms with Crippen LogP contribution in [0.3, 0.4) is 0 Å². The highest BCUT2D eigenvalue weighted by Crippen LogP contribution is 2.25. The Morgan fingerprint density at radius 1 is 1.25 bits per heavy atom. The van der Waals surface area contributed by atoms with E-state index in [0.717, 1.165) is 43.9 Å². The van der Waals surface area contributed by atoms with Crippen molar-refractivity contribution in [2.75, 3.05) is 26.3 Å². The van der Waals surface area contributed by atoms with Gasteiger partial charge in [-0.15, -0.1) is 0 Å². The average molecular weight is 291 g/mol. The van der Waals surface area contributed by atoms with Crippen molar-refractivity contribution < 1.29 is 4.74 Å². The minimum Gasteiger partial charge on any atom is -0.379 e. The smallest absolute Gasteiger partial charge is 0.134 e. The number of halogens is 1. The van der Waals surface area contributed by atoms with Gasteiger partial charge in [0, 0.05) is 30.6 Å². The van der Waals surface area contributed by atoms with E-state index in [9.17, 15) is 0 Å². The van der Waals surface area contributed by atoms with Gasteiger partial charge in [0.25, 0.3) is 0 Å². The monoisotopic (exact) mass is 290 g/mol. The Bertz CT molecular complexity index is 636. The first-order chi connectivity index (χ1) is 9.65. The molecule has 1 aliphatic rings. The summed E-state index contributed by atoms with van der Waals surface area (Å²) in [5, 5.41) is 1.79. The van der Waals surface area contributed by atoms with Crippen LogP contribution in [0.4, 0.5) is 0 Å². The third-order valence-corrected chi connectivity index (χ3v) is 4.36. The van der Waals surface area contributed by atoms with Gasteiger partial charge in [0.05, 0.1) is 18.7 Å². The Morgan fingerprint density at radius 2 is 2.00 bits per heavy atom. The zero-order valence-corrected chi connectivity index (χ0v) is 12.7. The fourth-order valence-electron chi connectivity index (χ4n) is 2.62. The zero-order valence-electron chi connectivity index (χ0n) is 11.9. The van der Waals surface area contributed by atoms with E-state index in [-0.39, 0.29) is 0 Å². The van der Waals surface area contributed by atoms with E-state index in [0.29, 0.717) is 5.15 Å². The van der Waals surface area contributed by atoms with Gasteiger partial charge < -0.3 is 4.74 Å². The second kappa shape index (κ2) is 5.68. The molecule has 20 heavy (non-hydrogen) atoms. The van der Waals surface area contributed by atoms with E-state index < -0.39 is 0 Å². The molecule has 4 heteroatoms. The lowest BCUT2D eigenvalue weighted by atomic mass is 10.0. The normalized spacial score (nSPS) is 16.8. The quantitative estimate of drug-likeness (QED) is 0.793. The number of aromatic nitrogens is 1. The molecule has 0 spiro atoms. The standard InChI is InChI=1S/C16H19ClN2O/c1-11-3-4-13-9-14(10-19-5-7-20-8-6-19)16(17)18-15(13)12(11)2/h3-4,9H,5-8,10H2,1-2H3. The largest absolute Gasteiger partial charge is 0.379 e. The van der Waals surface area contributed by atoms with Crippen molar-refractivity contribution in [2.45, 2.75) is 20.4 Å². The van der Waals surface area contributed by atoms with Gasteiger partial charge in [-0.05, 0) is 31.0 Å². The average Bonchev–Trinajstić information content (AvgIpc) is 2.46. The highest BCUT2D eigenvalue weighted by molar-refractivity contribution is 6.30. The van der Waals surface area contributed by atoms with Crippen LogP contribution in [0.1, 0.15) is 16.7 Å². The van der Waals surface area contributed by atoms with Crippen molar-refractivity contribution in [1.82, 2.24) is 9.88 Å². The predicted octanol–water partition coefficient (Wildman–Crippen LogP) is 3.34. The maximum absolute atomic E-state index is 6.38. The predicted molar refractivity (Wildman–Crippen MR) is 82.3 cm³/mol. The molecule has 2 aromatic rings. The molecule has 0 saturated carbocycles. The maximum Gasteiger partial charge on any atom is 0.134 e. The molecule has 0 unspecified atom stereocenters. The molecule has 3 rings (SSSR count). The van der Waals surface area contributed by atoms with E-state index in [2.05, 4.69) is 41.9 Å². The van der Waals surface area contributed by atoms with Crippen LogP contribution < -0.4 is 0 Å². The van der Waals surface area contributed by atoms with Crippen molar-refractivity contribution in [3.63, 3.8) is 0 Å². The summed E-state index contributed by atoms with van der Waals surface area (Å²) < 4.78 is 5.38. The molecule has 106 valence electrons. The van der Waals surface area contributed by atoms with Crippen LogP contribution in [-0.2, 0) is 11.3 Å². The molecule has 0 N–H and O–H groups in total. The lowest BCUT2D eigenvalue weighted by molar-refractivity contribution is 0.0342. The zero-order chi connectivity index (χ0) is 14.1. The molecular formula is C16H19ClN2O. The third-order valence-electron chi connectivity index (χ3n) is 4.04. The van der Waals surface area contributed by atoms with Crippen LogP contribution in [-0.4, -0.2) is 36.2 Å². The number of hydrogen-bond acceptors (Lipinski definition) is 3. The highest BCUT2D eigenvalue weighted by Gasteiger charge is 2.14. The van der Waals surface area contributed by atoms with Crippen molar-refractivity contribution in [1.29, 1.82) is 0 Å². The number of morpholine rings is 1. The Morgan fingerprint density at radius 3 is 2.75 bits per heavy atom. The number of rotatable bonds is 2. The van der Waals surface area contributed by atoms with Crippen molar-refractivity contribution in [3.8, 4) is 0 Å². The van der Waals surface area contributed by atoms with Crippen LogP contribution in [0.2, 0.25) is 5.15 Å². The molecule has 0 atom stereocenters. The lowest BCUT2D eigenvalue weighted by Gasteiger charge is -2.26. The SMILES string of the molecule is Cc1ccc2cc(CN3CCOCC3)c(Cl)nc2c1C. The molecule has 0 aliphatic carbocycles. The van der Waals surface area contributed by atoms with E-state index in [1.807, 2.05) is 0 Å². The fraction of sp³-hybridized carbons (Fsp3) is 0.438. The van der Waals surface area contributed by atoms with Crippen molar-refractivity contribution in [2.24, 2.45) is 0 Å². The number of pyridine rings is 1. The van der Waals surface area contributed by atoms with Crippen molar-refractivity contribution >= 4 is 22.5 Å². The minimum absolute atomic E-state index is 0.623. The number of nitrogens with zero attached hydrogens (tertiary/aromatic N) is 2.